The Morgan fingerprint density at radius 3 is 2.47 bits per heavy atom. The normalized spacial score (nSPS) is 22.1. The van der Waals surface area contributed by atoms with E-state index in [0.29, 0.717) is 6.04 Å². The van der Waals surface area contributed by atoms with E-state index >= 15 is 0 Å². The third-order valence-electron chi connectivity index (χ3n) is 4.55. The van der Waals surface area contributed by atoms with E-state index in [1.165, 1.54) is 64.5 Å². The van der Waals surface area contributed by atoms with Crippen molar-refractivity contribution in [2.75, 3.05) is 13.1 Å². The van der Waals surface area contributed by atoms with Gasteiger partial charge in [-0.1, -0.05) is 39.0 Å². The fourth-order valence-corrected chi connectivity index (χ4v) is 3.27. The first-order chi connectivity index (χ1) is 9.15. The summed E-state index contributed by atoms with van der Waals surface area (Å²) in [6.07, 6.45) is 11.1. The monoisotopic (exact) mass is 268 g/mol. The van der Waals surface area contributed by atoms with Crippen LogP contribution in [-0.4, -0.2) is 36.1 Å². The van der Waals surface area contributed by atoms with Crippen LogP contribution in [-0.2, 0) is 0 Å². The van der Waals surface area contributed by atoms with Crippen LogP contribution in [0.25, 0.3) is 0 Å². The van der Waals surface area contributed by atoms with Crippen molar-refractivity contribution in [1.29, 1.82) is 0 Å². The molecular formula is C17H36N2. The summed E-state index contributed by atoms with van der Waals surface area (Å²) in [7, 11) is 0. The lowest BCUT2D eigenvalue weighted by atomic mass is 10.0. The molecule has 0 bridgehead atoms. The van der Waals surface area contributed by atoms with Crippen LogP contribution in [0.15, 0.2) is 0 Å². The number of piperidine rings is 1. The number of unbranched alkanes of at least 4 members (excludes halogenated alkanes) is 3. The van der Waals surface area contributed by atoms with Crippen molar-refractivity contribution < 1.29 is 0 Å². The first-order valence-corrected chi connectivity index (χ1v) is 8.64. The molecule has 2 atom stereocenters. The summed E-state index contributed by atoms with van der Waals surface area (Å²) >= 11 is 0. The van der Waals surface area contributed by atoms with Gasteiger partial charge in [0.25, 0.3) is 0 Å². The lowest BCUT2D eigenvalue weighted by Crippen LogP contribution is -2.49. The Hall–Kier alpha value is -0.0800. The maximum Gasteiger partial charge on any atom is 0.0195 e. The molecule has 1 fully saturated rings. The highest BCUT2D eigenvalue weighted by atomic mass is 15.2. The van der Waals surface area contributed by atoms with E-state index in [-0.39, 0.29) is 0 Å². The second kappa shape index (κ2) is 9.77. The molecule has 1 aliphatic rings. The van der Waals surface area contributed by atoms with Crippen LogP contribution in [0.4, 0.5) is 0 Å². The number of nitrogens with one attached hydrogen (secondary N) is 1. The van der Waals surface area contributed by atoms with Crippen LogP contribution >= 0.6 is 0 Å². The van der Waals surface area contributed by atoms with Gasteiger partial charge in [0, 0.05) is 24.7 Å². The van der Waals surface area contributed by atoms with E-state index < -0.39 is 0 Å². The number of nitrogens with zero attached hydrogens (tertiary/aromatic N) is 1. The predicted molar refractivity (Wildman–Crippen MR) is 85.7 cm³/mol. The Kier molecular flexibility index (Phi) is 8.72. The highest BCUT2D eigenvalue weighted by molar-refractivity contribution is 4.80. The first kappa shape index (κ1) is 17.0. The van der Waals surface area contributed by atoms with E-state index in [9.17, 15) is 0 Å². The van der Waals surface area contributed by atoms with Gasteiger partial charge in [0.15, 0.2) is 0 Å². The molecule has 0 spiro atoms. The first-order valence-electron chi connectivity index (χ1n) is 8.64. The van der Waals surface area contributed by atoms with Crippen LogP contribution in [0.5, 0.6) is 0 Å². The summed E-state index contributed by atoms with van der Waals surface area (Å²) in [6, 6.07) is 2.14. The van der Waals surface area contributed by atoms with Crippen molar-refractivity contribution in [3.63, 3.8) is 0 Å². The summed E-state index contributed by atoms with van der Waals surface area (Å²) in [5.74, 6) is 0. The van der Waals surface area contributed by atoms with Crippen molar-refractivity contribution in [3.05, 3.63) is 0 Å². The van der Waals surface area contributed by atoms with Crippen molar-refractivity contribution in [2.24, 2.45) is 0 Å². The molecule has 2 heteroatoms. The van der Waals surface area contributed by atoms with Crippen LogP contribution in [0, 0.1) is 0 Å². The molecule has 1 aliphatic heterocycles. The van der Waals surface area contributed by atoms with Gasteiger partial charge in [-0.05, 0) is 46.6 Å². The highest BCUT2D eigenvalue weighted by Gasteiger charge is 2.22. The van der Waals surface area contributed by atoms with Gasteiger partial charge in [-0.3, -0.25) is 4.90 Å². The molecule has 0 aromatic heterocycles. The van der Waals surface area contributed by atoms with Crippen molar-refractivity contribution >= 4 is 0 Å². The second-order valence-corrected chi connectivity index (χ2v) is 6.64. The molecule has 1 N–H and O–H groups in total. The maximum atomic E-state index is 3.69. The zero-order chi connectivity index (χ0) is 14.1. The summed E-state index contributed by atoms with van der Waals surface area (Å²) in [5, 5.41) is 3.69. The van der Waals surface area contributed by atoms with Gasteiger partial charge in [0.05, 0.1) is 0 Å². The van der Waals surface area contributed by atoms with Gasteiger partial charge in [0.2, 0.25) is 0 Å². The Bertz CT molecular complexity index is 209. The van der Waals surface area contributed by atoms with E-state index in [4.69, 9.17) is 0 Å². The fourth-order valence-electron chi connectivity index (χ4n) is 3.27. The Morgan fingerprint density at radius 2 is 1.89 bits per heavy atom. The number of hydrogen-bond acceptors (Lipinski definition) is 2. The summed E-state index contributed by atoms with van der Waals surface area (Å²) in [6.45, 7) is 11.9. The van der Waals surface area contributed by atoms with Crippen LogP contribution in [0.1, 0.15) is 79.1 Å². The van der Waals surface area contributed by atoms with E-state index in [1.807, 2.05) is 0 Å². The number of rotatable bonds is 9. The SMILES string of the molecule is CCCCCCC(C)N(CC1CCCCN1)C(C)C. The summed E-state index contributed by atoms with van der Waals surface area (Å²) in [4.78, 5) is 2.72. The minimum atomic E-state index is 0.671. The predicted octanol–water partition coefficient (Wildman–Crippen LogP) is 4.20. The third kappa shape index (κ3) is 6.76. The zero-order valence-electron chi connectivity index (χ0n) is 13.8. The smallest absolute Gasteiger partial charge is 0.0195 e. The topological polar surface area (TPSA) is 15.3 Å². The lowest BCUT2D eigenvalue weighted by Gasteiger charge is -2.37. The molecule has 0 amide bonds. The molecule has 1 heterocycles. The molecule has 0 saturated carbocycles. The molecule has 2 nitrogen and oxygen atoms in total. The van der Waals surface area contributed by atoms with Crippen LogP contribution in [0.3, 0.4) is 0 Å². The molecule has 0 radical (unpaired) electrons. The fraction of sp³-hybridized carbons (Fsp3) is 1.00. The molecule has 0 aromatic rings. The molecular weight excluding hydrogens is 232 g/mol. The minimum absolute atomic E-state index is 0.671. The Labute approximate surface area is 121 Å². The summed E-state index contributed by atoms with van der Waals surface area (Å²) in [5.41, 5.74) is 0. The number of hydrogen-bond donors (Lipinski definition) is 1. The van der Waals surface area contributed by atoms with E-state index in [2.05, 4.69) is 37.9 Å². The average molecular weight is 268 g/mol. The van der Waals surface area contributed by atoms with Crippen molar-refractivity contribution in [1.82, 2.24) is 10.2 Å². The van der Waals surface area contributed by atoms with E-state index in [0.717, 1.165) is 12.1 Å². The molecule has 0 aromatic carbocycles. The van der Waals surface area contributed by atoms with Crippen LogP contribution in [0.2, 0.25) is 0 Å². The maximum absolute atomic E-state index is 3.69. The molecule has 1 rings (SSSR count). The molecule has 1 saturated heterocycles. The van der Waals surface area contributed by atoms with Gasteiger partial charge >= 0.3 is 0 Å². The lowest BCUT2D eigenvalue weighted by molar-refractivity contribution is 0.129. The molecule has 2 unspecified atom stereocenters. The molecule has 114 valence electrons. The third-order valence-corrected chi connectivity index (χ3v) is 4.55. The van der Waals surface area contributed by atoms with Gasteiger partial charge in [-0.15, -0.1) is 0 Å². The van der Waals surface area contributed by atoms with Gasteiger partial charge < -0.3 is 5.32 Å². The van der Waals surface area contributed by atoms with E-state index in [1.54, 1.807) is 0 Å². The minimum Gasteiger partial charge on any atom is -0.313 e. The Morgan fingerprint density at radius 1 is 1.11 bits per heavy atom. The van der Waals surface area contributed by atoms with Crippen LogP contribution < -0.4 is 5.32 Å². The van der Waals surface area contributed by atoms with Crippen molar-refractivity contribution in [2.45, 2.75) is 97.2 Å². The van der Waals surface area contributed by atoms with Gasteiger partial charge in [0.1, 0.15) is 0 Å². The summed E-state index contributed by atoms with van der Waals surface area (Å²) < 4.78 is 0. The standard InChI is InChI=1S/C17H36N2/c1-5-6-7-8-11-16(4)19(15(2)3)14-17-12-9-10-13-18-17/h15-18H,5-14H2,1-4H3. The quantitative estimate of drug-likeness (QED) is 0.631. The highest BCUT2D eigenvalue weighted by Crippen LogP contribution is 2.16. The van der Waals surface area contributed by atoms with Crippen molar-refractivity contribution in [3.8, 4) is 0 Å². The van der Waals surface area contributed by atoms with Gasteiger partial charge in [-0.25, -0.2) is 0 Å². The second-order valence-electron chi connectivity index (χ2n) is 6.64. The molecule has 0 aliphatic carbocycles. The Balaban J connectivity index is 2.32. The van der Waals surface area contributed by atoms with Gasteiger partial charge in [-0.2, -0.15) is 0 Å². The zero-order valence-corrected chi connectivity index (χ0v) is 13.8. The largest absolute Gasteiger partial charge is 0.313 e. The molecule has 19 heavy (non-hydrogen) atoms. The average Bonchev–Trinajstić information content (AvgIpc) is 2.41.